The van der Waals surface area contributed by atoms with E-state index in [1.165, 1.54) is 22.3 Å². The average molecular weight is 602 g/mol. The second kappa shape index (κ2) is 25.2. The molecule has 176 valence electrons. The van der Waals surface area contributed by atoms with Crippen molar-refractivity contribution in [3.8, 4) is 22.3 Å². The van der Waals surface area contributed by atoms with Crippen LogP contribution in [0.4, 0.5) is 0 Å². The minimum absolute atomic E-state index is 0. The van der Waals surface area contributed by atoms with E-state index in [1.807, 2.05) is 96.1 Å². The Morgan fingerprint density at radius 3 is 1.18 bits per heavy atom. The summed E-state index contributed by atoms with van der Waals surface area (Å²) in [4.78, 5) is 0. The molecule has 0 amide bonds. The summed E-state index contributed by atoms with van der Waals surface area (Å²) in [5, 5.41) is 0. The Morgan fingerprint density at radius 2 is 0.824 bits per heavy atom. The van der Waals surface area contributed by atoms with Crippen molar-refractivity contribution in [2.24, 2.45) is 0 Å². The van der Waals surface area contributed by atoms with E-state index < -0.39 is 0 Å². The summed E-state index contributed by atoms with van der Waals surface area (Å²) in [6, 6.07) is 39.3. The molecule has 0 saturated carbocycles. The van der Waals surface area contributed by atoms with Crippen molar-refractivity contribution in [1.82, 2.24) is 0 Å². The van der Waals surface area contributed by atoms with Crippen LogP contribution < -0.4 is 0 Å². The van der Waals surface area contributed by atoms with Crippen LogP contribution in [-0.2, 0) is 65.4 Å². The van der Waals surface area contributed by atoms with E-state index in [-0.39, 0.29) is 65.4 Å². The second-order valence-corrected chi connectivity index (χ2v) is 6.29. The number of hydrogen-bond donors (Lipinski definition) is 0. The number of hydrogen-bond acceptors (Lipinski definition) is 0. The van der Waals surface area contributed by atoms with Gasteiger partial charge in [0.25, 0.3) is 0 Å². The first-order valence-electron chi connectivity index (χ1n) is 11.8. The molecule has 0 aliphatic rings. The number of aryl methyl sites for hydroxylation is 2. The van der Waals surface area contributed by atoms with Crippen LogP contribution in [0.15, 0.2) is 97.1 Å². The maximum Gasteiger partial charge on any atom is 0 e. The van der Waals surface area contributed by atoms with Crippen LogP contribution in [0, 0.1) is 26.0 Å². The van der Waals surface area contributed by atoms with Crippen LogP contribution in [0.2, 0.25) is 0 Å². The van der Waals surface area contributed by atoms with Gasteiger partial charge >= 0.3 is 0 Å². The Morgan fingerprint density at radius 1 is 0.441 bits per heavy atom. The molecule has 0 aliphatic carbocycles. The van der Waals surface area contributed by atoms with E-state index in [0.717, 1.165) is 11.1 Å². The second-order valence-electron chi connectivity index (χ2n) is 6.29. The van der Waals surface area contributed by atoms with Crippen LogP contribution in [0.3, 0.4) is 0 Å². The van der Waals surface area contributed by atoms with Gasteiger partial charge in [0.1, 0.15) is 0 Å². The van der Waals surface area contributed by atoms with E-state index in [4.69, 9.17) is 0 Å². The molecule has 34 heavy (non-hydrogen) atoms. The molecule has 0 fully saturated rings. The Balaban J connectivity index is -0.000000445. The minimum Gasteiger partial charge on any atom is -0.226 e. The monoisotopic (exact) mass is 602 g/mol. The predicted octanol–water partition coefficient (Wildman–Crippen LogP) is 10.00. The molecule has 0 spiro atoms. The van der Waals surface area contributed by atoms with Crippen molar-refractivity contribution >= 4 is 0 Å². The van der Waals surface area contributed by atoms with Gasteiger partial charge in [-0.15, -0.1) is 12.1 Å². The largest absolute Gasteiger partial charge is 0.226 e. The fourth-order valence-electron chi connectivity index (χ4n) is 2.89. The molecular weight excluding hydrogens is 562 g/mol. The Labute approximate surface area is 260 Å². The van der Waals surface area contributed by atoms with Gasteiger partial charge in [0, 0.05) is 65.4 Å². The minimum atomic E-state index is 0. The Bertz CT molecular complexity index is 877. The third-order valence-electron chi connectivity index (χ3n) is 4.04. The van der Waals surface area contributed by atoms with Crippen LogP contribution in [0.25, 0.3) is 22.3 Å². The first kappa shape index (κ1) is 37.6. The van der Waals surface area contributed by atoms with Gasteiger partial charge in [0.2, 0.25) is 0 Å². The molecule has 0 aliphatic heterocycles. The van der Waals surface area contributed by atoms with Crippen molar-refractivity contribution < 1.29 is 65.4 Å². The average Bonchev–Trinajstić information content (AvgIpc) is 2.89. The smallest absolute Gasteiger partial charge is 0 e. The van der Waals surface area contributed by atoms with E-state index in [1.54, 1.807) is 0 Å². The van der Waals surface area contributed by atoms with E-state index in [9.17, 15) is 0 Å². The zero-order chi connectivity index (χ0) is 24.2. The quantitative estimate of drug-likeness (QED) is 0.200. The first-order chi connectivity index (χ1) is 15.7. The third kappa shape index (κ3) is 15.2. The molecule has 2 heteroatoms. The number of rotatable bonds is 2. The molecule has 4 rings (SSSR count). The van der Waals surface area contributed by atoms with Crippen LogP contribution in [0.1, 0.15) is 52.7 Å². The maximum absolute atomic E-state index is 3.15. The van der Waals surface area contributed by atoms with E-state index in [0.29, 0.717) is 0 Å². The summed E-state index contributed by atoms with van der Waals surface area (Å²) in [6.07, 6.45) is 0. The van der Waals surface area contributed by atoms with Gasteiger partial charge in [0.05, 0.1) is 0 Å². The molecule has 0 aromatic heterocycles. The van der Waals surface area contributed by atoms with Crippen LogP contribution in [-0.4, -0.2) is 0 Å². The van der Waals surface area contributed by atoms with Crippen molar-refractivity contribution in [3.05, 3.63) is 120 Å². The van der Waals surface area contributed by atoms with Gasteiger partial charge in [-0.1, -0.05) is 101 Å². The number of benzene rings is 4. The van der Waals surface area contributed by atoms with Gasteiger partial charge < -0.3 is 0 Å². The maximum atomic E-state index is 3.15. The summed E-state index contributed by atoms with van der Waals surface area (Å²) in [5.74, 6) is 0. The van der Waals surface area contributed by atoms with Gasteiger partial charge in [0.15, 0.2) is 0 Å². The molecule has 0 unspecified atom stereocenters. The fraction of sp³-hybridized carbons (Fsp3) is 0.250. The Hall–Kier alpha value is -0.912. The SMILES string of the molecule is CC.CC.CC.Cc1cc(C)cc(-c2ccccc2)c1.[Y].[Y].[c-]1ccccc1-c1[c-]cccc1. The summed E-state index contributed by atoms with van der Waals surface area (Å²) < 4.78 is 0. The topological polar surface area (TPSA) is 0 Å². The molecule has 0 atom stereocenters. The van der Waals surface area contributed by atoms with Gasteiger partial charge in [-0.3, -0.25) is 0 Å². The molecule has 0 N–H and O–H groups in total. The summed E-state index contributed by atoms with van der Waals surface area (Å²) >= 11 is 0. The van der Waals surface area contributed by atoms with Crippen molar-refractivity contribution in [2.45, 2.75) is 55.4 Å². The molecule has 2 radical (unpaired) electrons. The zero-order valence-electron chi connectivity index (χ0n) is 22.4. The standard InChI is InChI=1S/C14H14.C12H8.3C2H6.2Y/c1-11-8-12(2)10-14(9-11)13-6-4-3-5-7-13;1-3-7-11(8-4-1)12-9-5-2-6-10-12;3*1-2;;/h3-10H,1-2H3;1-7,9H;3*1-2H3;;/q;-2;;;;;. The van der Waals surface area contributed by atoms with Crippen molar-refractivity contribution in [1.29, 1.82) is 0 Å². The van der Waals surface area contributed by atoms with E-state index in [2.05, 4.69) is 68.4 Å². The summed E-state index contributed by atoms with van der Waals surface area (Å²) in [7, 11) is 0. The van der Waals surface area contributed by atoms with Gasteiger partial charge in [-0.2, -0.15) is 48.5 Å². The van der Waals surface area contributed by atoms with Gasteiger partial charge in [-0.25, -0.2) is 11.1 Å². The molecule has 0 saturated heterocycles. The third-order valence-corrected chi connectivity index (χ3v) is 4.04. The van der Waals surface area contributed by atoms with Crippen molar-refractivity contribution in [2.75, 3.05) is 0 Å². The first-order valence-corrected chi connectivity index (χ1v) is 11.8. The molecule has 0 bridgehead atoms. The molecule has 0 heterocycles. The zero-order valence-corrected chi connectivity index (χ0v) is 28.1. The predicted molar refractivity (Wildman–Crippen MR) is 145 cm³/mol. The van der Waals surface area contributed by atoms with Gasteiger partial charge in [-0.05, 0) is 25.0 Å². The van der Waals surface area contributed by atoms with Crippen LogP contribution >= 0.6 is 0 Å². The van der Waals surface area contributed by atoms with E-state index >= 15 is 0 Å². The van der Waals surface area contributed by atoms with Crippen molar-refractivity contribution in [3.63, 3.8) is 0 Å². The molecule has 4 aromatic rings. The van der Waals surface area contributed by atoms with Crippen LogP contribution in [0.5, 0.6) is 0 Å². The molecular formula is C32H40Y2-2. The summed E-state index contributed by atoms with van der Waals surface area (Å²) in [6.45, 7) is 16.3. The molecule has 0 nitrogen and oxygen atoms in total. The summed E-state index contributed by atoms with van der Waals surface area (Å²) in [5.41, 5.74) is 7.44. The molecule has 4 aromatic carbocycles. The fourth-order valence-corrected chi connectivity index (χ4v) is 2.89. The normalized spacial score (nSPS) is 8.12. The Kier molecular flexibility index (Phi) is 27.9.